The number of amides is 1. The molecule has 2 N–H and O–H groups in total. The van der Waals surface area contributed by atoms with E-state index < -0.39 is 0 Å². The minimum atomic E-state index is -0.123. The van der Waals surface area contributed by atoms with E-state index in [1.54, 1.807) is 18.5 Å². The molecular weight excluding hydrogens is 332 g/mol. The fourth-order valence-electron chi connectivity index (χ4n) is 2.52. The fourth-order valence-corrected chi connectivity index (χ4v) is 2.95. The largest absolute Gasteiger partial charge is 0.347 e. The molecule has 0 aromatic carbocycles. The van der Waals surface area contributed by atoms with Crippen LogP contribution in [0.3, 0.4) is 0 Å². The molecule has 1 aliphatic rings. The zero-order chi connectivity index (χ0) is 14.8. The summed E-state index contributed by atoms with van der Waals surface area (Å²) < 4.78 is 0.794. The van der Waals surface area contributed by atoms with Crippen LogP contribution in [0.4, 0.5) is 0 Å². The Kier molecular flexibility index (Phi) is 4.17. The van der Waals surface area contributed by atoms with Crippen LogP contribution in [0.25, 0.3) is 10.9 Å². The molecule has 1 fully saturated rings. The second-order valence-electron chi connectivity index (χ2n) is 5.45. The standard InChI is InChI=1S/C15H17BrN4O/c1-9-2-4-11(7-18-9)19-15(21)13-5-3-10-6-17-8-12(16)14(10)20-13/h3,5-6,8-9,11,18H,2,4,7H2,1H3,(H,19,21). The number of hydrogen-bond donors (Lipinski definition) is 2. The van der Waals surface area contributed by atoms with Crippen LogP contribution in [0, 0.1) is 0 Å². The van der Waals surface area contributed by atoms with Crippen LogP contribution in [0.2, 0.25) is 0 Å². The number of rotatable bonds is 2. The third-order valence-electron chi connectivity index (χ3n) is 3.78. The summed E-state index contributed by atoms with van der Waals surface area (Å²) in [5.41, 5.74) is 1.20. The molecule has 110 valence electrons. The van der Waals surface area contributed by atoms with E-state index in [4.69, 9.17) is 0 Å². The molecule has 5 nitrogen and oxygen atoms in total. The van der Waals surface area contributed by atoms with Crippen molar-refractivity contribution in [1.82, 2.24) is 20.6 Å². The third-order valence-corrected chi connectivity index (χ3v) is 4.36. The number of aromatic nitrogens is 2. The van der Waals surface area contributed by atoms with Crippen LogP contribution in [0.15, 0.2) is 29.0 Å². The van der Waals surface area contributed by atoms with Crippen LogP contribution in [-0.2, 0) is 0 Å². The lowest BCUT2D eigenvalue weighted by atomic mass is 10.0. The number of nitrogens with zero attached hydrogens (tertiary/aromatic N) is 2. The predicted octanol–water partition coefficient (Wildman–Crippen LogP) is 2.26. The van der Waals surface area contributed by atoms with Gasteiger partial charge in [0.25, 0.3) is 5.91 Å². The van der Waals surface area contributed by atoms with E-state index in [1.807, 2.05) is 6.07 Å². The van der Waals surface area contributed by atoms with Crippen molar-refractivity contribution in [3.8, 4) is 0 Å². The van der Waals surface area contributed by atoms with Crippen molar-refractivity contribution in [3.63, 3.8) is 0 Å². The Hall–Kier alpha value is -1.53. The Balaban J connectivity index is 1.77. The summed E-state index contributed by atoms with van der Waals surface area (Å²) in [5, 5.41) is 7.33. The van der Waals surface area contributed by atoms with Gasteiger partial charge in [0.2, 0.25) is 0 Å². The van der Waals surface area contributed by atoms with E-state index in [1.165, 1.54) is 0 Å². The molecule has 2 atom stereocenters. The highest BCUT2D eigenvalue weighted by Gasteiger charge is 2.20. The van der Waals surface area contributed by atoms with E-state index >= 15 is 0 Å². The minimum Gasteiger partial charge on any atom is -0.347 e. The SMILES string of the molecule is CC1CCC(NC(=O)c2ccc3cncc(Br)c3n2)CN1. The third kappa shape index (κ3) is 3.22. The second-order valence-corrected chi connectivity index (χ2v) is 6.30. The maximum atomic E-state index is 12.3. The second kappa shape index (κ2) is 6.07. The van der Waals surface area contributed by atoms with Crippen LogP contribution < -0.4 is 10.6 Å². The number of piperidine rings is 1. The quantitative estimate of drug-likeness (QED) is 0.873. The van der Waals surface area contributed by atoms with Gasteiger partial charge in [-0.3, -0.25) is 9.78 Å². The summed E-state index contributed by atoms with van der Waals surface area (Å²) in [7, 11) is 0. The molecule has 0 saturated carbocycles. The van der Waals surface area contributed by atoms with E-state index in [0.717, 1.165) is 34.8 Å². The van der Waals surface area contributed by atoms with Crippen molar-refractivity contribution in [3.05, 3.63) is 34.7 Å². The van der Waals surface area contributed by atoms with E-state index in [2.05, 4.69) is 43.5 Å². The van der Waals surface area contributed by atoms with Gasteiger partial charge in [0.1, 0.15) is 5.69 Å². The van der Waals surface area contributed by atoms with Gasteiger partial charge in [-0.25, -0.2) is 4.98 Å². The van der Waals surface area contributed by atoms with Gasteiger partial charge < -0.3 is 10.6 Å². The number of nitrogens with one attached hydrogen (secondary N) is 2. The molecule has 3 heterocycles. The van der Waals surface area contributed by atoms with Gasteiger partial charge in [-0.1, -0.05) is 0 Å². The van der Waals surface area contributed by atoms with Gasteiger partial charge in [0.15, 0.2) is 0 Å². The van der Waals surface area contributed by atoms with E-state index in [9.17, 15) is 4.79 Å². The summed E-state index contributed by atoms with van der Waals surface area (Å²) in [4.78, 5) is 20.8. The Morgan fingerprint density at radius 2 is 2.24 bits per heavy atom. The van der Waals surface area contributed by atoms with Gasteiger partial charge in [-0.2, -0.15) is 0 Å². The van der Waals surface area contributed by atoms with Crippen LogP contribution in [0.1, 0.15) is 30.3 Å². The number of fused-ring (bicyclic) bond motifs is 1. The van der Waals surface area contributed by atoms with Crippen molar-refractivity contribution in [2.24, 2.45) is 0 Å². The summed E-state index contributed by atoms with van der Waals surface area (Å²) in [6.07, 6.45) is 5.50. The lowest BCUT2D eigenvalue weighted by molar-refractivity contribution is 0.0923. The van der Waals surface area contributed by atoms with Crippen LogP contribution in [-0.4, -0.2) is 34.5 Å². The fraction of sp³-hybridized carbons (Fsp3) is 0.400. The summed E-state index contributed by atoms with van der Waals surface area (Å²) in [6.45, 7) is 2.97. The monoisotopic (exact) mass is 348 g/mol. The first-order valence-electron chi connectivity index (χ1n) is 7.08. The van der Waals surface area contributed by atoms with Crippen molar-refractivity contribution >= 4 is 32.7 Å². The Morgan fingerprint density at radius 1 is 1.38 bits per heavy atom. The topological polar surface area (TPSA) is 66.9 Å². The number of pyridine rings is 2. The molecule has 0 radical (unpaired) electrons. The van der Waals surface area contributed by atoms with Crippen molar-refractivity contribution in [2.45, 2.75) is 31.8 Å². The van der Waals surface area contributed by atoms with Gasteiger partial charge in [0, 0.05) is 36.4 Å². The molecule has 2 unspecified atom stereocenters. The van der Waals surface area contributed by atoms with Crippen molar-refractivity contribution in [1.29, 1.82) is 0 Å². The smallest absolute Gasteiger partial charge is 0.270 e. The van der Waals surface area contributed by atoms with Crippen LogP contribution >= 0.6 is 15.9 Å². The molecule has 2 aromatic rings. The lowest BCUT2D eigenvalue weighted by Gasteiger charge is -2.28. The van der Waals surface area contributed by atoms with Crippen molar-refractivity contribution < 1.29 is 4.79 Å². The average molecular weight is 349 g/mol. The van der Waals surface area contributed by atoms with Gasteiger partial charge in [-0.05, 0) is 47.8 Å². The highest BCUT2D eigenvalue weighted by atomic mass is 79.9. The Morgan fingerprint density at radius 3 is 3.00 bits per heavy atom. The van der Waals surface area contributed by atoms with E-state index in [-0.39, 0.29) is 11.9 Å². The normalized spacial score (nSPS) is 22.2. The highest BCUT2D eigenvalue weighted by molar-refractivity contribution is 9.10. The molecule has 3 rings (SSSR count). The molecular formula is C15H17BrN4O. The maximum Gasteiger partial charge on any atom is 0.270 e. The van der Waals surface area contributed by atoms with E-state index in [0.29, 0.717) is 11.7 Å². The molecule has 1 saturated heterocycles. The Bertz CT molecular complexity index is 668. The first-order chi connectivity index (χ1) is 10.1. The minimum absolute atomic E-state index is 0.123. The molecule has 0 bridgehead atoms. The zero-order valence-corrected chi connectivity index (χ0v) is 13.4. The van der Waals surface area contributed by atoms with Gasteiger partial charge in [-0.15, -0.1) is 0 Å². The number of halogens is 1. The predicted molar refractivity (Wildman–Crippen MR) is 85.2 cm³/mol. The average Bonchev–Trinajstić information content (AvgIpc) is 2.50. The summed E-state index contributed by atoms with van der Waals surface area (Å²) >= 11 is 3.42. The summed E-state index contributed by atoms with van der Waals surface area (Å²) in [6, 6.07) is 4.31. The first-order valence-corrected chi connectivity index (χ1v) is 7.87. The maximum absolute atomic E-state index is 12.3. The van der Waals surface area contributed by atoms with Gasteiger partial charge >= 0.3 is 0 Å². The molecule has 0 spiro atoms. The molecule has 1 amide bonds. The molecule has 2 aromatic heterocycles. The summed E-state index contributed by atoms with van der Waals surface area (Å²) in [5.74, 6) is -0.123. The highest BCUT2D eigenvalue weighted by Crippen LogP contribution is 2.20. The first kappa shape index (κ1) is 14.4. The molecule has 6 heteroatoms. The molecule has 0 aliphatic carbocycles. The molecule has 1 aliphatic heterocycles. The Labute approximate surface area is 131 Å². The number of carbonyl (C=O) groups excluding carboxylic acids is 1. The number of hydrogen-bond acceptors (Lipinski definition) is 4. The lowest BCUT2D eigenvalue weighted by Crippen LogP contribution is -2.48. The van der Waals surface area contributed by atoms with Gasteiger partial charge in [0.05, 0.1) is 9.99 Å². The zero-order valence-electron chi connectivity index (χ0n) is 11.8. The van der Waals surface area contributed by atoms with Crippen molar-refractivity contribution in [2.75, 3.05) is 6.54 Å². The van der Waals surface area contributed by atoms with Crippen LogP contribution in [0.5, 0.6) is 0 Å². The number of carbonyl (C=O) groups is 1. The molecule has 21 heavy (non-hydrogen) atoms.